The van der Waals surface area contributed by atoms with Gasteiger partial charge >= 0.3 is 5.97 Å². The fraction of sp³-hybridized carbons (Fsp3) is 0.286. The molecule has 1 rings (SSSR count). The molecule has 0 spiro atoms. The van der Waals surface area contributed by atoms with E-state index in [-0.39, 0.29) is 16.5 Å². The molecule has 0 saturated carbocycles. The van der Waals surface area contributed by atoms with Gasteiger partial charge in [0.25, 0.3) is 5.91 Å². The van der Waals surface area contributed by atoms with Gasteiger partial charge in [0.1, 0.15) is 6.10 Å². The zero-order valence-electron chi connectivity index (χ0n) is 11.1. The van der Waals surface area contributed by atoms with Gasteiger partial charge < -0.3 is 15.2 Å². The molecular formula is C14H16ClNO4. The lowest BCUT2D eigenvalue weighted by atomic mass is 10.2. The first kappa shape index (κ1) is 16.2. The monoisotopic (exact) mass is 297 g/mol. The fourth-order valence-electron chi connectivity index (χ4n) is 1.41. The van der Waals surface area contributed by atoms with Crippen LogP contribution in [0.15, 0.2) is 30.9 Å². The van der Waals surface area contributed by atoms with Gasteiger partial charge in [-0.2, -0.15) is 0 Å². The van der Waals surface area contributed by atoms with E-state index in [9.17, 15) is 9.59 Å². The zero-order valence-corrected chi connectivity index (χ0v) is 11.8. The van der Waals surface area contributed by atoms with Crippen LogP contribution in [0.1, 0.15) is 23.7 Å². The molecule has 0 aliphatic rings. The van der Waals surface area contributed by atoms with Gasteiger partial charge in [0.2, 0.25) is 0 Å². The van der Waals surface area contributed by atoms with Crippen molar-refractivity contribution in [3.63, 3.8) is 0 Å². The number of benzene rings is 1. The Morgan fingerprint density at radius 3 is 2.80 bits per heavy atom. The highest BCUT2D eigenvalue weighted by Gasteiger charge is 2.15. The minimum Gasteiger partial charge on any atom is -0.478 e. The number of aromatic carboxylic acids is 1. The molecule has 20 heavy (non-hydrogen) atoms. The lowest BCUT2D eigenvalue weighted by molar-refractivity contribution is -0.126. The van der Waals surface area contributed by atoms with Crippen molar-refractivity contribution in [2.45, 2.75) is 19.4 Å². The summed E-state index contributed by atoms with van der Waals surface area (Å²) in [5, 5.41) is 11.5. The van der Waals surface area contributed by atoms with E-state index in [1.165, 1.54) is 18.2 Å². The maximum absolute atomic E-state index is 11.8. The Kier molecular flexibility index (Phi) is 6.21. The second-order valence-corrected chi connectivity index (χ2v) is 4.49. The van der Waals surface area contributed by atoms with Crippen LogP contribution >= 0.6 is 11.6 Å². The third-order valence-corrected chi connectivity index (χ3v) is 2.84. The molecule has 0 bridgehead atoms. The highest BCUT2D eigenvalue weighted by molar-refractivity contribution is 6.33. The summed E-state index contributed by atoms with van der Waals surface area (Å²) in [6.45, 7) is 5.60. The number of nitrogens with one attached hydrogen (secondary N) is 1. The Balaban J connectivity index is 2.64. The van der Waals surface area contributed by atoms with Crippen molar-refractivity contribution < 1.29 is 19.4 Å². The van der Waals surface area contributed by atoms with E-state index in [4.69, 9.17) is 21.4 Å². The normalized spacial score (nSPS) is 11.7. The highest BCUT2D eigenvalue weighted by atomic mass is 35.5. The molecule has 0 fully saturated rings. The summed E-state index contributed by atoms with van der Waals surface area (Å²) in [5.41, 5.74) is 0.407. The van der Waals surface area contributed by atoms with Crippen molar-refractivity contribution in [3.05, 3.63) is 41.4 Å². The number of carbonyl (C=O) groups is 2. The number of carboxylic acid groups (broad SMARTS) is 1. The highest BCUT2D eigenvalue weighted by Crippen LogP contribution is 2.21. The number of anilines is 1. The first-order chi connectivity index (χ1) is 9.45. The Morgan fingerprint density at radius 1 is 1.55 bits per heavy atom. The summed E-state index contributed by atoms with van der Waals surface area (Å²) in [4.78, 5) is 22.6. The molecule has 1 aromatic carbocycles. The molecule has 0 heterocycles. The average molecular weight is 298 g/mol. The summed E-state index contributed by atoms with van der Waals surface area (Å²) in [5.74, 6) is -1.44. The van der Waals surface area contributed by atoms with Gasteiger partial charge in [0, 0.05) is 5.69 Å². The first-order valence-electron chi connectivity index (χ1n) is 6.02. The summed E-state index contributed by atoms with van der Waals surface area (Å²) in [6.07, 6.45) is 1.75. The molecule has 1 unspecified atom stereocenters. The third-order valence-electron chi connectivity index (χ3n) is 2.53. The zero-order chi connectivity index (χ0) is 15.1. The Hall–Kier alpha value is -1.85. The summed E-state index contributed by atoms with van der Waals surface area (Å²) < 4.78 is 5.30. The number of hydrogen-bond donors (Lipinski definition) is 2. The number of carbonyl (C=O) groups excluding carboxylic acids is 1. The second kappa shape index (κ2) is 7.67. The number of hydrogen-bond acceptors (Lipinski definition) is 3. The van der Waals surface area contributed by atoms with Crippen LogP contribution in [0.5, 0.6) is 0 Å². The molecule has 1 amide bonds. The van der Waals surface area contributed by atoms with Crippen molar-refractivity contribution in [1.82, 2.24) is 0 Å². The average Bonchev–Trinajstić information content (AvgIpc) is 2.38. The van der Waals surface area contributed by atoms with E-state index in [1.54, 1.807) is 13.0 Å². The number of amides is 1. The SMILES string of the molecule is C=CCCOC(C)C(=O)Nc1ccc(C(=O)O)c(Cl)c1. The quantitative estimate of drug-likeness (QED) is 0.599. The Labute approximate surface area is 122 Å². The van der Waals surface area contributed by atoms with Crippen molar-refractivity contribution in [3.8, 4) is 0 Å². The largest absolute Gasteiger partial charge is 0.478 e. The molecule has 2 N–H and O–H groups in total. The van der Waals surface area contributed by atoms with Crippen LogP contribution in [0, 0.1) is 0 Å². The summed E-state index contributed by atoms with van der Waals surface area (Å²) in [6, 6.07) is 4.20. The number of carboxylic acids is 1. The maximum atomic E-state index is 11.8. The molecule has 0 aliphatic carbocycles. The summed E-state index contributed by atoms with van der Waals surface area (Å²) >= 11 is 5.82. The number of halogens is 1. The van der Waals surface area contributed by atoms with Crippen LogP contribution in [0.2, 0.25) is 5.02 Å². The molecule has 5 nitrogen and oxygen atoms in total. The molecule has 0 radical (unpaired) electrons. The van der Waals surface area contributed by atoms with Crippen LogP contribution in [0.3, 0.4) is 0 Å². The van der Waals surface area contributed by atoms with E-state index in [2.05, 4.69) is 11.9 Å². The molecular weight excluding hydrogens is 282 g/mol. The fourth-order valence-corrected chi connectivity index (χ4v) is 1.68. The maximum Gasteiger partial charge on any atom is 0.337 e. The van der Waals surface area contributed by atoms with Crippen LogP contribution in [-0.2, 0) is 9.53 Å². The predicted octanol–water partition coefficient (Wildman–Crippen LogP) is 2.96. The predicted molar refractivity (Wildman–Crippen MR) is 77.3 cm³/mol. The molecule has 1 atom stereocenters. The Bertz CT molecular complexity index is 516. The molecule has 0 saturated heterocycles. The lowest BCUT2D eigenvalue weighted by Gasteiger charge is -2.13. The number of ether oxygens (including phenoxy) is 1. The van der Waals surface area contributed by atoms with Gasteiger partial charge in [-0.1, -0.05) is 17.7 Å². The minimum atomic E-state index is -1.12. The first-order valence-corrected chi connectivity index (χ1v) is 6.39. The molecule has 1 aromatic rings. The lowest BCUT2D eigenvalue weighted by Crippen LogP contribution is -2.28. The van der Waals surface area contributed by atoms with Crippen LogP contribution in [0.25, 0.3) is 0 Å². The van der Waals surface area contributed by atoms with Crippen LogP contribution < -0.4 is 5.32 Å². The van der Waals surface area contributed by atoms with Gasteiger partial charge in [-0.15, -0.1) is 6.58 Å². The summed E-state index contributed by atoms with van der Waals surface area (Å²) in [7, 11) is 0. The minimum absolute atomic E-state index is 0.0139. The van der Waals surface area contributed by atoms with Gasteiger partial charge in [-0.25, -0.2) is 4.79 Å². The van der Waals surface area contributed by atoms with Crippen LogP contribution in [-0.4, -0.2) is 29.7 Å². The molecule has 108 valence electrons. The molecule has 6 heteroatoms. The van der Waals surface area contributed by atoms with Crippen molar-refractivity contribution in [2.24, 2.45) is 0 Å². The van der Waals surface area contributed by atoms with Crippen LogP contribution in [0.4, 0.5) is 5.69 Å². The van der Waals surface area contributed by atoms with E-state index >= 15 is 0 Å². The van der Waals surface area contributed by atoms with E-state index in [0.717, 1.165) is 0 Å². The van der Waals surface area contributed by atoms with E-state index in [1.807, 2.05) is 0 Å². The van der Waals surface area contributed by atoms with Gasteiger partial charge in [-0.05, 0) is 31.5 Å². The third kappa shape index (κ3) is 4.68. The molecule has 0 aromatic heterocycles. The van der Waals surface area contributed by atoms with Gasteiger partial charge in [0.05, 0.1) is 17.2 Å². The second-order valence-electron chi connectivity index (χ2n) is 4.08. The topological polar surface area (TPSA) is 75.6 Å². The number of rotatable bonds is 7. The van der Waals surface area contributed by atoms with Crippen molar-refractivity contribution in [2.75, 3.05) is 11.9 Å². The standard InChI is InChI=1S/C14H16ClNO4/c1-3-4-7-20-9(2)13(17)16-10-5-6-11(14(18)19)12(15)8-10/h3,5-6,8-9H,1,4,7H2,2H3,(H,16,17)(H,18,19). The van der Waals surface area contributed by atoms with Crippen molar-refractivity contribution >= 4 is 29.2 Å². The van der Waals surface area contributed by atoms with Gasteiger partial charge in [-0.3, -0.25) is 4.79 Å². The van der Waals surface area contributed by atoms with Gasteiger partial charge in [0.15, 0.2) is 0 Å². The Morgan fingerprint density at radius 2 is 2.25 bits per heavy atom. The van der Waals surface area contributed by atoms with Crippen molar-refractivity contribution in [1.29, 1.82) is 0 Å². The smallest absolute Gasteiger partial charge is 0.337 e. The molecule has 0 aliphatic heterocycles. The van der Waals surface area contributed by atoms with E-state index < -0.39 is 12.1 Å². The van der Waals surface area contributed by atoms with E-state index in [0.29, 0.717) is 18.7 Å².